The maximum absolute atomic E-state index is 12.6. The van der Waals surface area contributed by atoms with Crippen LogP contribution in [0.25, 0.3) is 0 Å². The van der Waals surface area contributed by atoms with Crippen molar-refractivity contribution in [1.82, 2.24) is 10.1 Å². The molecule has 0 spiro atoms. The van der Waals surface area contributed by atoms with Crippen LogP contribution < -0.4 is 0 Å². The minimum Gasteiger partial charge on any atom is -0.462 e. The molecule has 44 heavy (non-hydrogen) atoms. The molecule has 0 aliphatic carbocycles. The van der Waals surface area contributed by atoms with Crippen LogP contribution in [0.2, 0.25) is 0 Å². The molecule has 10 nitrogen and oxygen atoms in total. The van der Waals surface area contributed by atoms with Crippen LogP contribution in [0.1, 0.15) is 145 Å². The molecule has 2 fully saturated rings. The highest BCUT2D eigenvalue weighted by molar-refractivity contribution is 5.69. The number of esters is 2. The Morgan fingerprint density at radius 2 is 0.841 bits per heavy atom. The van der Waals surface area contributed by atoms with Crippen LogP contribution in [0.15, 0.2) is 0 Å². The first-order chi connectivity index (χ1) is 20.5. The van der Waals surface area contributed by atoms with Gasteiger partial charge in [-0.1, -0.05) is 25.7 Å². The van der Waals surface area contributed by atoms with E-state index in [1.165, 1.54) is 0 Å². The number of hydrogen-bond donors (Lipinski definition) is 2. The molecule has 0 aromatic carbocycles. The van der Waals surface area contributed by atoms with Gasteiger partial charge in [-0.2, -0.15) is 10.1 Å². The highest BCUT2D eigenvalue weighted by Crippen LogP contribution is 2.41. The lowest BCUT2D eigenvalue weighted by Gasteiger charge is -2.53. The first-order valence-corrected chi connectivity index (χ1v) is 17.0. The van der Waals surface area contributed by atoms with Gasteiger partial charge in [0.25, 0.3) is 0 Å². The number of hydrogen-bond acceptors (Lipinski definition) is 10. The molecule has 0 aromatic heterocycles. The van der Waals surface area contributed by atoms with E-state index < -0.39 is 0 Å². The van der Waals surface area contributed by atoms with Gasteiger partial charge in [0, 0.05) is 73.9 Å². The lowest BCUT2D eigenvalue weighted by atomic mass is 9.80. The van der Waals surface area contributed by atoms with Crippen LogP contribution in [-0.4, -0.2) is 93.1 Å². The number of carbonyl (C=O) groups excluding carboxylic acids is 2. The van der Waals surface area contributed by atoms with Gasteiger partial charge in [-0.15, -0.1) is 0 Å². The summed E-state index contributed by atoms with van der Waals surface area (Å²) in [4.78, 5) is 37.2. The highest BCUT2D eigenvalue weighted by atomic mass is 16.7. The van der Waals surface area contributed by atoms with Crippen molar-refractivity contribution < 1.29 is 39.0 Å². The first-order valence-electron chi connectivity index (χ1n) is 17.0. The van der Waals surface area contributed by atoms with E-state index in [4.69, 9.17) is 29.4 Å². The number of carbonyl (C=O) groups is 2. The van der Waals surface area contributed by atoms with E-state index in [2.05, 4.69) is 55.4 Å². The van der Waals surface area contributed by atoms with Crippen LogP contribution in [0.4, 0.5) is 0 Å². The van der Waals surface area contributed by atoms with Gasteiger partial charge < -0.3 is 19.7 Å². The number of aliphatic hydroxyl groups is 2. The van der Waals surface area contributed by atoms with Crippen molar-refractivity contribution in [2.45, 2.75) is 180 Å². The Morgan fingerprint density at radius 1 is 0.545 bits per heavy atom. The molecule has 0 amide bonds. The summed E-state index contributed by atoms with van der Waals surface area (Å²) < 4.78 is 11.8. The van der Waals surface area contributed by atoms with Gasteiger partial charge in [-0.3, -0.25) is 19.3 Å². The standard InChI is InChI=1S/C34H64N2O8/c1-31(2)23-27(24-32(3,4)35(31)41-21-15-19-37)43-29(39)17-13-11-9-10-12-14-18-30(40)44-28-25-33(5,6)36(34(7,8)26-28)42-22-16-20-38/h27-28,37-38H,9-26H2,1-8H3. The maximum atomic E-state index is 12.6. The average Bonchev–Trinajstić information content (AvgIpc) is 2.87. The fourth-order valence-corrected chi connectivity index (χ4v) is 7.39. The molecule has 10 heteroatoms. The summed E-state index contributed by atoms with van der Waals surface area (Å²) >= 11 is 0. The van der Waals surface area contributed by atoms with E-state index >= 15 is 0 Å². The lowest BCUT2D eigenvalue weighted by Crippen LogP contribution is -2.62. The minimum atomic E-state index is -0.283. The summed E-state index contributed by atoms with van der Waals surface area (Å²) in [5.74, 6) is -0.263. The molecule has 2 heterocycles. The van der Waals surface area contributed by atoms with Crippen LogP contribution in [0.5, 0.6) is 0 Å². The van der Waals surface area contributed by atoms with Gasteiger partial charge in [0.1, 0.15) is 12.2 Å². The van der Waals surface area contributed by atoms with Crippen molar-refractivity contribution in [3.8, 4) is 0 Å². The number of aliphatic hydroxyl groups excluding tert-OH is 2. The Balaban J connectivity index is 1.59. The molecule has 0 bridgehead atoms. The molecule has 0 atom stereocenters. The topological polar surface area (TPSA) is 118 Å². The van der Waals surface area contributed by atoms with Crippen LogP contribution >= 0.6 is 0 Å². The molecule has 0 aromatic rings. The summed E-state index contributed by atoms with van der Waals surface area (Å²) in [5, 5.41) is 22.2. The molecule has 2 N–H and O–H groups in total. The highest BCUT2D eigenvalue weighted by Gasteiger charge is 2.49. The predicted molar refractivity (Wildman–Crippen MR) is 170 cm³/mol. The van der Waals surface area contributed by atoms with E-state index in [-0.39, 0.29) is 59.5 Å². The fourth-order valence-electron chi connectivity index (χ4n) is 7.39. The van der Waals surface area contributed by atoms with E-state index in [9.17, 15) is 9.59 Å². The number of nitrogens with zero attached hydrogens (tertiary/aromatic N) is 2. The molecule has 2 aliphatic rings. The molecule has 2 rings (SSSR count). The van der Waals surface area contributed by atoms with Gasteiger partial charge >= 0.3 is 11.9 Å². The van der Waals surface area contributed by atoms with Gasteiger partial charge in [0.15, 0.2) is 0 Å². The zero-order valence-corrected chi connectivity index (χ0v) is 29.1. The normalized spacial score (nSPS) is 22.1. The second-order valence-electron chi connectivity index (χ2n) is 15.3. The number of ether oxygens (including phenoxy) is 2. The molecule has 2 saturated heterocycles. The molecule has 0 saturated carbocycles. The third kappa shape index (κ3) is 12.5. The fraction of sp³-hybridized carbons (Fsp3) is 0.941. The van der Waals surface area contributed by atoms with Crippen molar-refractivity contribution in [3.63, 3.8) is 0 Å². The minimum absolute atomic E-state index is 0.103. The Kier molecular flexibility index (Phi) is 15.5. The van der Waals surface area contributed by atoms with E-state index in [1.54, 1.807) is 0 Å². The van der Waals surface area contributed by atoms with Gasteiger partial charge in [-0.25, -0.2) is 0 Å². The van der Waals surface area contributed by atoms with E-state index in [0.717, 1.165) is 38.5 Å². The Bertz CT molecular complexity index is 769. The monoisotopic (exact) mass is 628 g/mol. The molecule has 258 valence electrons. The molecule has 0 radical (unpaired) electrons. The Hall–Kier alpha value is -1.30. The molecule has 2 aliphatic heterocycles. The molecular formula is C34H64N2O8. The van der Waals surface area contributed by atoms with Crippen LogP contribution in [0, 0.1) is 0 Å². The Labute approximate surface area is 267 Å². The number of hydroxylamine groups is 4. The zero-order valence-electron chi connectivity index (χ0n) is 29.1. The molecule has 0 unspecified atom stereocenters. The van der Waals surface area contributed by atoms with Gasteiger partial charge in [0.05, 0.1) is 13.2 Å². The lowest BCUT2D eigenvalue weighted by molar-refractivity contribution is -0.294. The largest absolute Gasteiger partial charge is 0.462 e. The average molecular weight is 629 g/mol. The van der Waals surface area contributed by atoms with Crippen molar-refractivity contribution >= 4 is 11.9 Å². The third-order valence-corrected chi connectivity index (χ3v) is 8.76. The quantitative estimate of drug-likeness (QED) is 0.133. The Morgan fingerprint density at radius 3 is 1.14 bits per heavy atom. The van der Waals surface area contributed by atoms with Gasteiger partial charge in [0.2, 0.25) is 0 Å². The summed E-state index contributed by atoms with van der Waals surface area (Å²) in [6.45, 7) is 18.0. The van der Waals surface area contributed by atoms with Crippen molar-refractivity contribution in [1.29, 1.82) is 0 Å². The molecular weight excluding hydrogens is 564 g/mol. The summed E-state index contributed by atoms with van der Waals surface area (Å²) in [6.07, 6.45) is 10.2. The third-order valence-electron chi connectivity index (χ3n) is 8.76. The van der Waals surface area contributed by atoms with Gasteiger partial charge in [-0.05, 0) is 81.1 Å². The van der Waals surface area contributed by atoms with Crippen LogP contribution in [0.3, 0.4) is 0 Å². The predicted octanol–water partition coefficient (Wildman–Crippen LogP) is 5.86. The SMILES string of the molecule is CC1(C)CC(OC(=O)CCCCCCCCC(=O)OC2CC(C)(C)N(OCCCO)C(C)(C)C2)CC(C)(C)N1OCCCO. The van der Waals surface area contributed by atoms with Crippen molar-refractivity contribution in [2.24, 2.45) is 0 Å². The zero-order chi connectivity index (χ0) is 33.0. The first kappa shape index (κ1) is 38.9. The summed E-state index contributed by atoms with van der Waals surface area (Å²) in [5.41, 5.74) is -1.13. The number of unbranched alkanes of at least 4 members (excludes halogenated alkanes) is 5. The maximum Gasteiger partial charge on any atom is 0.306 e. The second kappa shape index (κ2) is 17.6. The smallest absolute Gasteiger partial charge is 0.306 e. The van der Waals surface area contributed by atoms with E-state index in [1.807, 2.05) is 10.1 Å². The van der Waals surface area contributed by atoms with Crippen molar-refractivity contribution in [2.75, 3.05) is 26.4 Å². The summed E-state index contributed by atoms with van der Waals surface area (Å²) in [7, 11) is 0. The summed E-state index contributed by atoms with van der Waals surface area (Å²) in [6, 6.07) is 0. The van der Waals surface area contributed by atoms with E-state index in [0.29, 0.717) is 64.6 Å². The number of piperidine rings is 2. The van der Waals surface area contributed by atoms with Crippen molar-refractivity contribution in [3.05, 3.63) is 0 Å². The van der Waals surface area contributed by atoms with Crippen LogP contribution in [-0.2, 0) is 28.7 Å². The second-order valence-corrected chi connectivity index (χ2v) is 15.3. The number of rotatable bonds is 19.